The Balaban J connectivity index is 1.97. The van der Waals surface area contributed by atoms with Gasteiger partial charge in [0.25, 0.3) is 0 Å². The molecule has 4 nitrogen and oxygen atoms in total. The Bertz CT molecular complexity index is 371. The summed E-state index contributed by atoms with van der Waals surface area (Å²) >= 11 is 0. The van der Waals surface area contributed by atoms with E-state index < -0.39 is 0 Å². The monoisotopic (exact) mass is 263 g/mol. The fourth-order valence-electron chi connectivity index (χ4n) is 2.72. The molecule has 1 fully saturated rings. The molecule has 1 aliphatic rings. The van der Waals surface area contributed by atoms with Crippen molar-refractivity contribution in [1.29, 1.82) is 0 Å². The number of hydrogen-bond donors (Lipinski definition) is 2. The zero-order chi connectivity index (χ0) is 13.7. The first kappa shape index (κ1) is 14.5. The highest BCUT2D eigenvalue weighted by molar-refractivity contribution is 5.24. The second kappa shape index (κ2) is 7.01. The lowest BCUT2D eigenvalue weighted by Gasteiger charge is -2.39. The third-order valence-electron chi connectivity index (χ3n) is 3.95. The predicted molar refractivity (Wildman–Crippen MR) is 78.1 cm³/mol. The Kier molecular flexibility index (Phi) is 5.34. The molecule has 0 radical (unpaired) electrons. The molecular formula is C15H25N3O. The predicted octanol–water partition coefficient (Wildman–Crippen LogP) is 0.605. The average Bonchev–Trinajstić information content (AvgIpc) is 2.44. The highest BCUT2D eigenvalue weighted by Gasteiger charge is 2.23. The van der Waals surface area contributed by atoms with Crippen LogP contribution in [0.3, 0.4) is 0 Å². The SMILES string of the molecule is Cc1ccc(C(CN)N2CCN(CCO)CC2)cc1. The van der Waals surface area contributed by atoms with Crippen LogP contribution in [0.4, 0.5) is 0 Å². The van der Waals surface area contributed by atoms with E-state index >= 15 is 0 Å². The Hall–Kier alpha value is -0.940. The quantitative estimate of drug-likeness (QED) is 0.817. The van der Waals surface area contributed by atoms with Crippen molar-refractivity contribution in [2.24, 2.45) is 5.73 Å². The molecule has 1 saturated heterocycles. The Morgan fingerprint density at radius 2 is 1.79 bits per heavy atom. The van der Waals surface area contributed by atoms with Gasteiger partial charge in [0.05, 0.1) is 6.61 Å². The summed E-state index contributed by atoms with van der Waals surface area (Å²) in [6.45, 7) is 7.87. The minimum Gasteiger partial charge on any atom is -0.395 e. The van der Waals surface area contributed by atoms with E-state index in [0.29, 0.717) is 12.6 Å². The standard InChI is InChI=1S/C15H25N3O/c1-13-2-4-14(5-3-13)15(12-16)18-8-6-17(7-9-18)10-11-19/h2-5,15,19H,6-12,16H2,1H3. The van der Waals surface area contributed by atoms with Crippen molar-refractivity contribution in [3.8, 4) is 0 Å². The molecule has 0 spiro atoms. The molecule has 0 saturated carbocycles. The van der Waals surface area contributed by atoms with Gasteiger partial charge in [-0.15, -0.1) is 0 Å². The van der Waals surface area contributed by atoms with Crippen LogP contribution in [-0.4, -0.2) is 60.8 Å². The van der Waals surface area contributed by atoms with Crippen molar-refractivity contribution in [1.82, 2.24) is 9.80 Å². The van der Waals surface area contributed by atoms with Crippen molar-refractivity contribution < 1.29 is 5.11 Å². The molecule has 0 aromatic heterocycles. The fourth-order valence-corrected chi connectivity index (χ4v) is 2.72. The van der Waals surface area contributed by atoms with Gasteiger partial charge in [-0.2, -0.15) is 0 Å². The highest BCUT2D eigenvalue weighted by Crippen LogP contribution is 2.21. The summed E-state index contributed by atoms with van der Waals surface area (Å²) in [5.41, 5.74) is 8.57. The van der Waals surface area contributed by atoms with Gasteiger partial charge in [0, 0.05) is 45.3 Å². The molecule has 3 N–H and O–H groups in total. The van der Waals surface area contributed by atoms with Gasteiger partial charge in [0.1, 0.15) is 0 Å². The van der Waals surface area contributed by atoms with Crippen molar-refractivity contribution in [2.75, 3.05) is 45.9 Å². The van der Waals surface area contributed by atoms with Crippen LogP contribution in [0, 0.1) is 6.92 Å². The molecule has 0 bridgehead atoms. The van der Waals surface area contributed by atoms with Crippen LogP contribution >= 0.6 is 0 Å². The minimum atomic E-state index is 0.248. The van der Waals surface area contributed by atoms with Crippen LogP contribution < -0.4 is 5.73 Å². The number of hydrogen-bond acceptors (Lipinski definition) is 4. The van der Waals surface area contributed by atoms with E-state index in [2.05, 4.69) is 41.0 Å². The van der Waals surface area contributed by atoms with Crippen LogP contribution in [-0.2, 0) is 0 Å². The molecule has 19 heavy (non-hydrogen) atoms. The number of aryl methyl sites for hydroxylation is 1. The van der Waals surface area contributed by atoms with Gasteiger partial charge in [0.2, 0.25) is 0 Å². The molecule has 1 atom stereocenters. The largest absolute Gasteiger partial charge is 0.395 e. The van der Waals surface area contributed by atoms with Gasteiger partial charge >= 0.3 is 0 Å². The molecule has 1 aromatic carbocycles. The summed E-state index contributed by atoms with van der Waals surface area (Å²) in [5, 5.41) is 8.97. The van der Waals surface area contributed by atoms with Gasteiger partial charge in [-0.3, -0.25) is 9.80 Å². The lowest BCUT2D eigenvalue weighted by Crippen LogP contribution is -2.49. The van der Waals surface area contributed by atoms with Crippen LogP contribution in [0.5, 0.6) is 0 Å². The van der Waals surface area contributed by atoms with Crippen molar-refractivity contribution in [3.63, 3.8) is 0 Å². The number of nitrogens with two attached hydrogens (primary N) is 1. The van der Waals surface area contributed by atoms with Gasteiger partial charge < -0.3 is 10.8 Å². The van der Waals surface area contributed by atoms with Crippen LogP contribution in [0.2, 0.25) is 0 Å². The maximum atomic E-state index is 8.97. The van der Waals surface area contributed by atoms with Crippen LogP contribution in [0.15, 0.2) is 24.3 Å². The smallest absolute Gasteiger partial charge is 0.0558 e. The number of rotatable bonds is 5. The Morgan fingerprint density at radius 3 is 2.32 bits per heavy atom. The Labute approximate surface area is 115 Å². The Morgan fingerprint density at radius 1 is 1.16 bits per heavy atom. The first-order valence-corrected chi connectivity index (χ1v) is 7.08. The third-order valence-corrected chi connectivity index (χ3v) is 3.95. The maximum absolute atomic E-state index is 8.97. The minimum absolute atomic E-state index is 0.248. The topological polar surface area (TPSA) is 52.7 Å². The van der Waals surface area contributed by atoms with E-state index in [4.69, 9.17) is 10.8 Å². The van der Waals surface area contributed by atoms with Crippen molar-refractivity contribution >= 4 is 0 Å². The molecule has 0 aliphatic carbocycles. The van der Waals surface area contributed by atoms with Crippen LogP contribution in [0.1, 0.15) is 17.2 Å². The summed E-state index contributed by atoms with van der Waals surface area (Å²) in [7, 11) is 0. The molecule has 0 amide bonds. The first-order valence-electron chi connectivity index (χ1n) is 7.08. The molecule has 4 heteroatoms. The molecule has 106 valence electrons. The summed E-state index contributed by atoms with van der Waals surface area (Å²) < 4.78 is 0. The average molecular weight is 263 g/mol. The summed E-state index contributed by atoms with van der Waals surface area (Å²) in [4.78, 5) is 4.76. The van der Waals surface area contributed by atoms with Gasteiger partial charge in [-0.25, -0.2) is 0 Å². The molecule has 1 aromatic rings. The van der Waals surface area contributed by atoms with E-state index in [1.165, 1.54) is 11.1 Å². The van der Waals surface area contributed by atoms with Gasteiger partial charge in [-0.05, 0) is 12.5 Å². The second-order valence-corrected chi connectivity index (χ2v) is 5.26. The van der Waals surface area contributed by atoms with E-state index in [1.54, 1.807) is 0 Å². The van der Waals surface area contributed by atoms with E-state index in [-0.39, 0.29) is 6.61 Å². The number of aliphatic hydroxyl groups excluding tert-OH is 1. The fraction of sp³-hybridized carbons (Fsp3) is 0.600. The molecular weight excluding hydrogens is 238 g/mol. The summed E-state index contributed by atoms with van der Waals surface area (Å²) in [6.07, 6.45) is 0. The van der Waals surface area contributed by atoms with Crippen LogP contribution in [0.25, 0.3) is 0 Å². The highest BCUT2D eigenvalue weighted by atomic mass is 16.3. The van der Waals surface area contributed by atoms with Crippen molar-refractivity contribution in [2.45, 2.75) is 13.0 Å². The lowest BCUT2D eigenvalue weighted by molar-refractivity contribution is 0.0857. The number of β-amino-alcohol motifs (C(OH)–C–C–N with tert-alkyl or cyclic N) is 1. The lowest BCUT2D eigenvalue weighted by atomic mass is 10.0. The van der Waals surface area contributed by atoms with E-state index in [9.17, 15) is 0 Å². The zero-order valence-electron chi connectivity index (χ0n) is 11.8. The summed E-state index contributed by atoms with van der Waals surface area (Å²) in [5.74, 6) is 0. The number of aliphatic hydroxyl groups is 1. The summed E-state index contributed by atoms with van der Waals surface area (Å²) in [6, 6.07) is 9.00. The number of piperazine rings is 1. The zero-order valence-corrected chi connectivity index (χ0v) is 11.8. The molecule has 1 aliphatic heterocycles. The molecule has 1 heterocycles. The van der Waals surface area contributed by atoms with Crippen molar-refractivity contribution in [3.05, 3.63) is 35.4 Å². The van der Waals surface area contributed by atoms with Gasteiger partial charge in [-0.1, -0.05) is 29.8 Å². The second-order valence-electron chi connectivity index (χ2n) is 5.26. The third kappa shape index (κ3) is 3.76. The number of benzene rings is 1. The van der Waals surface area contributed by atoms with E-state index in [0.717, 1.165) is 32.7 Å². The number of nitrogens with zero attached hydrogens (tertiary/aromatic N) is 2. The molecule has 2 rings (SSSR count). The van der Waals surface area contributed by atoms with Gasteiger partial charge in [0.15, 0.2) is 0 Å². The molecule has 1 unspecified atom stereocenters. The first-order chi connectivity index (χ1) is 9.24. The van der Waals surface area contributed by atoms with E-state index in [1.807, 2.05) is 0 Å². The maximum Gasteiger partial charge on any atom is 0.0558 e. The normalized spacial score (nSPS) is 19.5.